The maximum atomic E-state index is 11.4. The number of rotatable bonds is 2. The van der Waals surface area contributed by atoms with Crippen molar-refractivity contribution in [2.45, 2.75) is 18.2 Å². The molecule has 2 rings (SSSR count). The summed E-state index contributed by atoms with van der Waals surface area (Å²) in [4.78, 5) is 20.0. The Labute approximate surface area is 81.8 Å². The van der Waals surface area contributed by atoms with Gasteiger partial charge < -0.3 is 9.88 Å². The number of hydrogen-bond acceptors (Lipinski definition) is 3. The smallest absolute Gasteiger partial charge is 0.224 e. The predicted octanol–water partition coefficient (Wildman–Crippen LogP) is 0.440. The van der Waals surface area contributed by atoms with Crippen LogP contribution < -0.4 is 0 Å². The number of H-pyrrole nitrogens is 1. The lowest BCUT2D eigenvalue weighted by Gasteiger charge is -2.13. The maximum Gasteiger partial charge on any atom is 0.224 e. The van der Waals surface area contributed by atoms with Gasteiger partial charge in [-0.15, -0.1) is 0 Å². The summed E-state index contributed by atoms with van der Waals surface area (Å²) in [5.74, 6) is 0.176. The quantitative estimate of drug-likeness (QED) is 0.676. The summed E-state index contributed by atoms with van der Waals surface area (Å²) in [5, 5.41) is 0.190. The van der Waals surface area contributed by atoms with E-state index in [1.807, 2.05) is 0 Å². The third kappa shape index (κ3) is 1.85. The monoisotopic (exact) mass is 197 g/mol. The number of carbonyl (C=O) groups is 1. The van der Waals surface area contributed by atoms with Gasteiger partial charge in [-0.1, -0.05) is 0 Å². The van der Waals surface area contributed by atoms with Crippen LogP contribution in [0.3, 0.4) is 0 Å². The Hall–Kier alpha value is -0.970. The van der Waals surface area contributed by atoms with Crippen molar-refractivity contribution in [3.05, 3.63) is 18.2 Å². The molecule has 1 aromatic rings. The SMILES string of the molecule is O=C1CC(S)CN1Cc1cnc[nH]1. The first-order chi connectivity index (χ1) is 6.25. The second kappa shape index (κ2) is 3.41. The Morgan fingerprint density at radius 3 is 3.15 bits per heavy atom. The van der Waals surface area contributed by atoms with Crippen LogP contribution in [0.25, 0.3) is 0 Å². The van der Waals surface area contributed by atoms with Gasteiger partial charge in [-0.05, 0) is 0 Å². The van der Waals surface area contributed by atoms with Gasteiger partial charge in [-0.2, -0.15) is 12.6 Å². The molecule has 0 spiro atoms. The van der Waals surface area contributed by atoms with Crippen LogP contribution in [0.2, 0.25) is 0 Å². The summed E-state index contributed by atoms with van der Waals surface area (Å²) in [5.41, 5.74) is 0.968. The van der Waals surface area contributed by atoms with Gasteiger partial charge >= 0.3 is 0 Å². The minimum atomic E-state index is 0.176. The van der Waals surface area contributed by atoms with Gasteiger partial charge in [-0.3, -0.25) is 4.79 Å². The van der Waals surface area contributed by atoms with Crippen LogP contribution in [0.4, 0.5) is 0 Å². The molecule has 0 aromatic carbocycles. The van der Waals surface area contributed by atoms with E-state index in [0.717, 1.165) is 12.2 Å². The Balaban J connectivity index is 1.99. The highest BCUT2D eigenvalue weighted by molar-refractivity contribution is 7.81. The number of aromatic nitrogens is 2. The number of imidazole rings is 1. The lowest BCUT2D eigenvalue weighted by Crippen LogP contribution is -2.24. The summed E-state index contributed by atoms with van der Waals surface area (Å²) >= 11 is 4.27. The van der Waals surface area contributed by atoms with Crippen molar-refractivity contribution < 1.29 is 4.79 Å². The van der Waals surface area contributed by atoms with E-state index >= 15 is 0 Å². The van der Waals surface area contributed by atoms with Gasteiger partial charge in [0.2, 0.25) is 5.91 Å². The fourth-order valence-electron chi connectivity index (χ4n) is 1.48. The van der Waals surface area contributed by atoms with Crippen LogP contribution in [-0.4, -0.2) is 32.6 Å². The third-order valence-corrected chi connectivity index (χ3v) is 2.46. The maximum absolute atomic E-state index is 11.4. The Morgan fingerprint density at radius 1 is 1.77 bits per heavy atom. The number of nitrogens with zero attached hydrogens (tertiary/aromatic N) is 2. The highest BCUT2D eigenvalue weighted by Crippen LogP contribution is 2.17. The van der Waals surface area contributed by atoms with E-state index in [-0.39, 0.29) is 11.2 Å². The van der Waals surface area contributed by atoms with Crippen LogP contribution in [0.5, 0.6) is 0 Å². The molecule has 0 bridgehead atoms. The average Bonchev–Trinajstić information content (AvgIpc) is 2.63. The van der Waals surface area contributed by atoms with E-state index in [4.69, 9.17) is 0 Å². The van der Waals surface area contributed by atoms with Gasteiger partial charge in [-0.25, -0.2) is 4.98 Å². The number of amides is 1. The summed E-state index contributed by atoms with van der Waals surface area (Å²) in [6.45, 7) is 1.36. The molecule has 1 N–H and O–H groups in total. The highest BCUT2D eigenvalue weighted by atomic mass is 32.1. The molecule has 0 radical (unpaired) electrons. The predicted molar refractivity (Wildman–Crippen MR) is 51.4 cm³/mol. The molecule has 70 valence electrons. The largest absolute Gasteiger partial charge is 0.347 e. The molecule has 1 fully saturated rings. The zero-order chi connectivity index (χ0) is 9.26. The van der Waals surface area contributed by atoms with Crippen LogP contribution in [0.15, 0.2) is 12.5 Å². The number of likely N-dealkylation sites (tertiary alicyclic amines) is 1. The van der Waals surface area contributed by atoms with E-state index in [0.29, 0.717) is 13.0 Å². The molecular formula is C8H11N3OS. The normalized spacial score (nSPS) is 22.7. The molecule has 1 saturated heterocycles. The summed E-state index contributed by atoms with van der Waals surface area (Å²) in [7, 11) is 0. The number of hydrogen-bond donors (Lipinski definition) is 2. The van der Waals surface area contributed by atoms with Gasteiger partial charge in [0.25, 0.3) is 0 Å². The van der Waals surface area contributed by atoms with Gasteiger partial charge in [0.15, 0.2) is 0 Å². The first-order valence-corrected chi connectivity index (χ1v) is 4.70. The van der Waals surface area contributed by atoms with E-state index in [2.05, 4.69) is 22.6 Å². The molecule has 1 aliphatic heterocycles. The minimum absolute atomic E-state index is 0.176. The Kier molecular flexibility index (Phi) is 2.26. The van der Waals surface area contributed by atoms with E-state index in [9.17, 15) is 4.79 Å². The topological polar surface area (TPSA) is 49.0 Å². The molecule has 5 heteroatoms. The number of aromatic amines is 1. The molecule has 1 amide bonds. The van der Waals surface area contributed by atoms with Crippen LogP contribution in [-0.2, 0) is 11.3 Å². The molecule has 1 aromatic heterocycles. The van der Waals surface area contributed by atoms with Crippen molar-refractivity contribution >= 4 is 18.5 Å². The highest BCUT2D eigenvalue weighted by Gasteiger charge is 2.26. The van der Waals surface area contributed by atoms with Crippen molar-refractivity contribution in [2.24, 2.45) is 0 Å². The lowest BCUT2D eigenvalue weighted by molar-refractivity contribution is -0.128. The molecule has 0 aliphatic carbocycles. The second-order valence-corrected chi connectivity index (χ2v) is 3.94. The van der Waals surface area contributed by atoms with Crippen molar-refractivity contribution in [3.8, 4) is 0 Å². The van der Waals surface area contributed by atoms with Crippen LogP contribution in [0.1, 0.15) is 12.1 Å². The fraction of sp³-hybridized carbons (Fsp3) is 0.500. The Morgan fingerprint density at radius 2 is 2.62 bits per heavy atom. The molecule has 4 nitrogen and oxygen atoms in total. The first kappa shape index (κ1) is 8.62. The zero-order valence-electron chi connectivity index (χ0n) is 7.10. The molecular weight excluding hydrogens is 186 g/mol. The van der Waals surface area contributed by atoms with Gasteiger partial charge in [0, 0.05) is 24.4 Å². The zero-order valence-corrected chi connectivity index (χ0v) is 8.00. The first-order valence-electron chi connectivity index (χ1n) is 4.19. The molecule has 13 heavy (non-hydrogen) atoms. The van der Waals surface area contributed by atoms with E-state index in [1.54, 1.807) is 17.4 Å². The number of carbonyl (C=O) groups excluding carboxylic acids is 1. The molecule has 2 heterocycles. The standard InChI is InChI=1S/C8H11N3OS/c12-8-1-7(13)4-11(8)3-6-2-9-5-10-6/h2,5,7,13H,1,3-4H2,(H,9,10). The summed E-state index contributed by atoms with van der Waals surface area (Å²) < 4.78 is 0. The summed E-state index contributed by atoms with van der Waals surface area (Å²) in [6, 6.07) is 0. The van der Waals surface area contributed by atoms with Crippen molar-refractivity contribution in [3.63, 3.8) is 0 Å². The number of nitrogens with one attached hydrogen (secondary N) is 1. The minimum Gasteiger partial charge on any atom is -0.347 e. The summed E-state index contributed by atoms with van der Waals surface area (Å²) in [6.07, 6.45) is 3.91. The Bertz CT molecular complexity index is 298. The van der Waals surface area contributed by atoms with Gasteiger partial charge in [0.05, 0.1) is 18.6 Å². The van der Waals surface area contributed by atoms with Crippen LogP contribution >= 0.6 is 12.6 Å². The molecule has 0 saturated carbocycles. The fourth-order valence-corrected chi connectivity index (χ4v) is 1.83. The average molecular weight is 197 g/mol. The van der Waals surface area contributed by atoms with Crippen molar-refractivity contribution in [2.75, 3.05) is 6.54 Å². The van der Waals surface area contributed by atoms with E-state index in [1.165, 1.54) is 0 Å². The van der Waals surface area contributed by atoms with Gasteiger partial charge in [0.1, 0.15) is 0 Å². The number of thiol groups is 1. The molecule has 1 atom stereocenters. The second-order valence-electron chi connectivity index (χ2n) is 3.21. The van der Waals surface area contributed by atoms with E-state index < -0.39 is 0 Å². The van der Waals surface area contributed by atoms with Crippen molar-refractivity contribution in [1.29, 1.82) is 0 Å². The molecule has 1 unspecified atom stereocenters. The molecule has 1 aliphatic rings. The van der Waals surface area contributed by atoms with Crippen molar-refractivity contribution in [1.82, 2.24) is 14.9 Å². The van der Waals surface area contributed by atoms with Crippen LogP contribution in [0, 0.1) is 0 Å². The lowest BCUT2D eigenvalue weighted by atomic mass is 10.4. The third-order valence-electron chi connectivity index (χ3n) is 2.11.